The Bertz CT molecular complexity index is 814. The number of likely N-dealkylation sites (N-methyl/N-ethyl adjacent to an activating group) is 1. The Morgan fingerprint density at radius 2 is 2.12 bits per heavy atom. The number of furan rings is 1. The molecule has 1 aromatic heterocycles. The number of hydrogen-bond donors (Lipinski definition) is 1. The number of hydrogen-bond acceptors (Lipinski definition) is 6. The van der Waals surface area contributed by atoms with Crippen LogP contribution in [0.3, 0.4) is 0 Å². The smallest absolute Gasteiger partial charge is 0.191 e. The van der Waals surface area contributed by atoms with E-state index in [4.69, 9.17) is 10.2 Å². The summed E-state index contributed by atoms with van der Waals surface area (Å²) < 4.78 is 5.20. The molecule has 2 aliphatic rings. The van der Waals surface area contributed by atoms with Crippen molar-refractivity contribution in [3.05, 3.63) is 47.1 Å². The molecule has 2 heterocycles. The Hall–Kier alpha value is -3.01. The molecule has 0 bridgehead atoms. The van der Waals surface area contributed by atoms with Gasteiger partial charge in [-0.15, -0.1) is 0 Å². The molecule has 0 fully saturated rings. The van der Waals surface area contributed by atoms with Crippen LogP contribution in [0.2, 0.25) is 0 Å². The van der Waals surface area contributed by atoms with Crippen LogP contribution in [-0.2, 0) is 0 Å². The van der Waals surface area contributed by atoms with Gasteiger partial charge in [-0.2, -0.15) is 15.8 Å². The number of nitrogens with zero attached hydrogens (tertiary/aromatic N) is 4. The molecule has 6 nitrogen and oxygen atoms in total. The van der Waals surface area contributed by atoms with Crippen LogP contribution >= 0.6 is 0 Å². The Morgan fingerprint density at radius 3 is 2.67 bits per heavy atom. The fourth-order valence-electron chi connectivity index (χ4n) is 3.83. The second-order valence-corrected chi connectivity index (χ2v) is 6.08. The highest BCUT2D eigenvalue weighted by Gasteiger charge is 2.54. The van der Waals surface area contributed by atoms with Gasteiger partial charge in [-0.3, -0.25) is 4.90 Å². The minimum atomic E-state index is -1.58. The lowest BCUT2D eigenvalue weighted by atomic mass is 9.58. The van der Waals surface area contributed by atoms with E-state index in [9.17, 15) is 15.8 Å². The molecule has 0 aromatic carbocycles. The zero-order valence-electron chi connectivity index (χ0n) is 13.4. The maximum absolute atomic E-state index is 9.85. The highest BCUT2D eigenvalue weighted by Crippen LogP contribution is 2.54. The van der Waals surface area contributed by atoms with Gasteiger partial charge in [0.1, 0.15) is 6.07 Å². The lowest BCUT2D eigenvalue weighted by molar-refractivity contribution is 0.214. The van der Waals surface area contributed by atoms with Gasteiger partial charge in [0.2, 0.25) is 0 Å². The molecule has 120 valence electrons. The first-order valence-corrected chi connectivity index (χ1v) is 7.80. The molecule has 3 rings (SSSR count). The predicted molar refractivity (Wildman–Crippen MR) is 85.6 cm³/mol. The van der Waals surface area contributed by atoms with Gasteiger partial charge in [0.15, 0.2) is 5.41 Å². The predicted octanol–water partition coefficient (Wildman–Crippen LogP) is 2.02. The van der Waals surface area contributed by atoms with Gasteiger partial charge in [0, 0.05) is 24.9 Å². The first-order chi connectivity index (χ1) is 11.6. The molecule has 6 heteroatoms. The summed E-state index contributed by atoms with van der Waals surface area (Å²) in [4.78, 5) is 2.22. The molecule has 2 N–H and O–H groups in total. The van der Waals surface area contributed by atoms with Gasteiger partial charge in [-0.1, -0.05) is 13.0 Å². The first-order valence-electron chi connectivity index (χ1n) is 7.80. The van der Waals surface area contributed by atoms with Crippen LogP contribution in [0.4, 0.5) is 0 Å². The molecule has 0 radical (unpaired) electrons. The van der Waals surface area contributed by atoms with Crippen molar-refractivity contribution < 1.29 is 4.42 Å². The number of rotatable bonds is 2. The third-order valence-electron chi connectivity index (χ3n) is 5.09. The number of nitrogens with two attached hydrogens (primary N) is 1. The Labute approximate surface area is 140 Å². The minimum absolute atomic E-state index is 0.0497. The molecule has 1 aliphatic carbocycles. The summed E-state index contributed by atoms with van der Waals surface area (Å²) in [6.07, 6.45) is 5.08. The third-order valence-corrected chi connectivity index (χ3v) is 5.09. The normalized spacial score (nSPS) is 25.8. The van der Waals surface area contributed by atoms with Crippen LogP contribution in [0.5, 0.6) is 0 Å². The molecule has 0 unspecified atom stereocenters. The Morgan fingerprint density at radius 1 is 1.38 bits per heavy atom. The van der Waals surface area contributed by atoms with Crippen molar-refractivity contribution in [2.75, 3.05) is 19.6 Å². The van der Waals surface area contributed by atoms with Crippen LogP contribution in [0.15, 0.2) is 45.9 Å². The fraction of sp³-hybridized carbons (Fsp3) is 0.389. The standard InChI is InChI=1S/C18H17N5O/c1-2-23-5-3-13-14(7-19)17(22)18(10-20,11-21)16(15(13)8-23)12-4-6-24-9-12/h3-4,6,9,15-16H,2,5,8,22H2,1H3/t15-,16+/m0/s1. The summed E-state index contributed by atoms with van der Waals surface area (Å²) in [7, 11) is 0. The van der Waals surface area contributed by atoms with E-state index in [1.807, 2.05) is 6.08 Å². The van der Waals surface area contributed by atoms with E-state index in [0.717, 1.165) is 24.2 Å². The van der Waals surface area contributed by atoms with Gasteiger partial charge in [0.05, 0.1) is 35.9 Å². The quantitative estimate of drug-likeness (QED) is 0.892. The lowest BCUT2D eigenvalue weighted by Crippen LogP contribution is -2.47. The third kappa shape index (κ3) is 2.03. The molecule has 2 atom stereocenters. The van der Waals surface area contributed by atoms with Crippen LogP contribution in [0.25, 0.3) is 0 Å². The molecule has 1 aliphatic heterocycles. The second-order valence-electron chi connectivity index (χ2n) is 6.08. The topological polar surface area (TPSA) is 114 Å². The maximum atomic E-state index is 9.85. The lowest BCUT2D eigenvalue weighted by Gasteiger charge is -2.45. The monoisotopic (exact) mass is 319 g/mol. The minimum Gasteiger partial charge on any atom is -0.472 e. The summed E-state index contributed by atoms with van der Waals surface area (Å²) in [6, 6.07) is 8.09. The average molecular weight is 319 g/mol. The van der Waals surface area contributed by atoms with E-state index < -0.39 is 11.3 Å². The van der Waals surface area contributed by atoms with E-state index >= 15 is 0 Å². The van der Waals surface area contributed by atoms with Crippen LogP contribution in [0.1, 0.15) is 18.4 Å². The highest BCUT2D eigenvalue weighted by molar-refractivity contribution is 5.59. The van der Waals surface area contributed by atoms with E-state index in [1.54, 1.807) is 12.3 Å². The largest absolute Gasteiger partial charge is 0.472 e. The SMILES string of the molecule is CCN1CC=C2C(C#N)=C(N)C(C#N)(C#N)[C@H](c3ccoc3)[C@H]2C1. The van der Waals surface area contributed by atoms with E-state index in [1.165, 1.54) is 6.26 Å². The molecule has 1 aromatic rings. The average Bonchev–Trinajstić information content (AvgIpc) is 3.14. The van der Waals surface area contributed by atoms with Gasteiger partial charge >= 0.3 is 0 Å². The van der Waals surface area contributed by atoms with E-state index in [2.05, 4.69) is 30.0 Å². The van der Waals surface area contributed by atoms with Crippen LogP contribution in [-0.4, -0.2) is 24.5 Å². The second kappa shape index (κ2) is 5.89. The number of nitriles is 3. The summed E-state index contributed by atoms with van der Waals surface area (Å²) in [5.74, 6) is -0.624. The van der Waals surface area contributed by atoms with Crippen molar-refractivity contribution in [3.8, 4) is 18.2 Å². The molecule has 24 heavy (non-hydrogen) atoms. The van der Waals surface area contributed by atoms with Gasteiger partial charge in [-0.25, -0.2) is 0 Å². The Balaban J connectivity index is 2.29. The molecule has 0 saturated carbocycles. The van der Waals surface area contributed by atoms with Crippen molar-refractivity contribution in [2.45, 2.75) is 12.8 Å². The van der Waals surface area contributed by atoms with Crippen molar-refractivity contribution in [2.24, 2.45) is 17.1 Å². The van der Waals surface area contributed by atoms with Crippen molar-refractivity contribution in [1.29, 1.82) is 15.8 Å². The van der Waals surface area contributed by atoms with Crippen molar-refractivity contribution in [3.63, 3.8) is 0 Å². The molecule has 0 amide bonds. The number of fused-ring (bicyclic) bond motifs is 1. The zero-order valence-corrected chi connectivity index (χ0v) is 13.4. The molecule has 0 spiro atoms. The van der Waals surface area contributed by atoms with Gasteiger partial charge < -0.3 is 10.2 Å². The van der Waals surface area contributed by atoms with E-state index in [-0.39, 0.29) is 17.2 Å². The first kappa shape index (κ1) is 15.9. The molecular weight excluding hydrogens is 302 g/mol. The van der Waals surface area contributed by atoms with Crippen molar-refractivity contribution >= 4 is 0 Å². The van der Waals surface area contributed by atoms with E-state index in [0.29, 0.717) is 6.54 Å². The summed E-state index contributed by atoms with van der Waals surface area (Å²) in [6.45, 7) is 4.31. The highest BCUT2D eigenvalue weighted by atomic mass is 16.3. The molecular formula is C18H17N5O. The summed E-state index contributed by atoms with van der Waals surface area (Å²) >= 11 is 0. The summed E-state index contributed by atoms with van der Waals surface area (Å²) in [5.41, 5.74) is 6.53. The number of allylic oxidation sites excluding steroid dienone is 2. The maximum Gasteiger partial charge on any atom is 0.191 e. The van der Waals surface area contributed by atoms with Crippen LogP contribution < -0.4 is 5.73 Å². The Kier molecular flexibility index (Phi) is 3.89. The van der Waals surface area contributed by atoms with Crippen molar-refractivity contribution in [1.82, 2.24) is 4.90 Å². The molecule has 0 saturated heterocycles. The fourth-order valence-corrected chi connectivity index (χ4v) is 3.83. The van der Waals surface area contributed by atoms with Gasteiger partial charge in [-0.05, 0) is 23.7 Å². The van der Waals surface area contributed by atoms with Gasteiger partial charge in [0.25, 0.3) is 0 Å². The summed E-state index contributed by atoms with van der Waals surface area (Å²) in [5, 5.41) is 29.3. The van der Waals surface area contributed by atoms with Crippen LogP contribution in [0, 0.1) is 45.3 Å². The zero-order chi connectivity index (χ0) is 17.3.